The fourth-order valence-corrected chi connectivity index (χ4v) is 2.31. The molecule has 1 aromatic heterocycles. The van der Waals surface area contributed by atoms with E-state index < -0.39 is 0 Å². The summed E-state index contributed by atoms with van der Waals surface area (Å²) in [5.41, 5.74) is 1.49. The van der Waals surface area contributed by atoms with Gasteiger partial charge < -0.3 is 9.64 Å². The Morgan fingerprint density at radius 1 is 1.14 bits per heavy atom. The van der Waals surface area contributed by atoms with Gasteiger partial charge in [0.15, 0.2) is 0 Å². The third-order valence-electron chi connectivity index (χ3n) is 3.64. The van der Waals surface area contributed by atoms with E-state index in [2.05, 4.69) is 4.98 Å². The molecule has 0 saturated carbocycles. The van der Waals surface area contributed by atoms with Crippen molar-refractivity contribution < 1.29 is 9.53 Å². The van der Waals surface area contributed by atoms with Gasteiger partial charge in [-0.2, -0.15) is 0 Å². The van der Waals surface area contributed by atoms with E-state index in [0.717, 1.165) is 5.56 Å². The van der Waals surface area contributed by atoms with Crippen molar-refractivity contribution in [3.05, 3.63) is 66.0 Å². The molecule has 2 aromatic rings. The molecule has 0 bridgehead atoms. The smallest absolute Gasteiger partial charge is 0.272 e. The molecule has 0 spiro atoms. The van der Waals surface area contributed by atoms with Crippen LogP contribution in [0.15, 0.2) is 54.7 Å². The van der Waals surface area contributed by atoms with Crippen molar-refractivity contribution in [1.82, 2.24) is 9.88 Å². The van der Waals surface area contributed by atoms with Crippen molar-refractivity contribution in [2.45, 2.75) is 19.1 Å². The maximum absolute atomic E-state index is 12.4. The average Bonchev–Trinajstić information content (AvgIpc) is 2.56. The molecular formula is C17H20N2O2. The normalized spacial score (nSPS) is 13.5. The molecule has 0 N–H and O–H groups in total. The number of aromatic nitrogens is 1. The van der Waals surface area contributed by atoms with E-state index in [1.807, 2.05) is 43.3 Å². The predicted octanol–water partition coefficient (Wildman–Crippen LogP) is 2.93. The largest absolute Gasteiger partial charge is 0.375 e. The van der Waals surface area contributed by atoms with Crippen LogP contribution in [0.2, 0.25) is 0 Å². The molecule has 4 nitrogen and oxygen atoms in total. The second-order valence-electron chi connectivity index (χ2n) is 4.94. The van der Waals surface area contributed by atoms with Crippen LogP contribution in [0.3, 0.4) is 0 Å². The van der Waals surface area contributed by atoms with Gasteiger partial charge in [-0.3, -0.25) is 9.78 Å². The van der Waals surface area contributed by atoms with E-state index in [-0.39, 0.29) is 18.1 Å². The third kappa shape index (κ3) is 3.47. The number of hydrogen-bond acceptors (Lipinski definition) is 3. The SMILES string of the molecule is COC(c1ccccc1)C(C)N(C)C(=O)c1ccccn1. The number of hydrogen-bond donors (Lipinski definition) is 0. The maximum Gasteiger partial charge on any atom is 0.272 e. The summed E-state index contributed by atoms with van der Waals surface area (Å²) in [6.45, 7) is 1.97. The Kier molecular flexibility index (Phi) is 5.06. The van der Waals surface area contributed by atoms with Gasteiger partial charge in [-0.25, -0.2) is 0 Å². The van der Waals surface area contributed by atoms with Crippen LogP contribution < -0.4 is 0 Å². The number of pyridine rings is 1. The number of carbonyl (C=O) groups excluding carboxylic acids is 1. The summed E-state index contributed by atoms with van der Waals surface area (Å²) in [7, 11) is 3.43. The molecule has 4 heteroatoms. The van der Waals surface area contributed by atoms with Crippen LogP contribution in [0, 0.1) is 0 Å². The van der Waals surface area contributed by atoms with E-state index in [1.54, 1.807) is 37.4 Å². The van der Waals surface area contributed by atoms with E-state index in [4.69, 9.17) is 4.74 Å². The van der Waals surface area contributed by atoms with Crippen LogP contribution in [0.4, 0.5) is 0 Å². The Balaban J connectivity index is 2.18. The highest BCUT2D eigenvalue weighted by Gasteiger charge is 2.26. The molecule has 0 fully saturated rings. The molecule has 2 unspecified atom stereocenters. The van der Waals surface area contributed by atoms with E-state index in [9.17, 15) is 4.79 Å². The van der Waals surface area contributed by atoms with Gasteiger partial charge in [-0.1, -0.05) is 36.4 Å². The Bertz CT molecular complexity index is 572. The first kappa shape index (κ1) is 15.2. The molecule has 0 aliphatic heterocycles. The minimum absolute atomic E-state index is 0.105. The van der Waals surface area contributed by atoms with Gasteiger partial charge in [0.2, 0.25) is 0 Å². The molecule has 1 aromatic carbocycles. The molecule has 0 aliphatic carbocycles. The molecule has 21 heavy (non-hydrogen) atoms. The lowest BCUT2D eigenvalue weighted by molar-refractivity contribution is 0.0258. The van der Waals surface area contributed by atoms with E-state index in [0.29, 0.717) is 5.69 Å². The van der Waals surface area contributed by atoms with Gasteiger partial charge in [-0.05, 0) is 24.6 Å². The topological polar surface area (TPSA) is 42.4 Å². The molecule has 2 atom stereocenters. The Labute approximate surface area is 125 Å². The Morgan fingerprint density at radius 3 is 2.38 bits per heavy atom. The highest BCUT2D eigenvalue weighted by Crippen LogP contribution is 2.24. The van der Waals surface area contributed by atoms with Crippen molar-refractivity contribution >= 4 is 5.91 Å². The monoisotopic (exact) mass is 284 g/mol. The maximum atomic E-state index is 12.4. The summed E-state index contributed by atoms with van der Waals surface area (Å²) in [5.74, 6) is -0.110. The second-order valence-corrected chi connectivity index (χ2v) is 4.94. The van der Waals surface area contributed by atoms with Crippen LogP contribution >= 0.6 is 0 Å². The molecule has 110 valence electrons. The van der Waals surface area contributed by atoms with Crippen molar-refractivity contribution in [3.8, 4) is 0 Å². The van der Waals surface area contributed by atoms with Gasteiger partial charge >= 0.3 is 0 Å². The zero-order valence-electron chi connectivity index (χ0n) is 12.6. The number of rotatable bonds is 5. The van der Waals surface area contributed by atoms with Crippen molar-refractivity contribution in [2.24, 2.45) is 0 Å². The first-order valence-electron chi connectivity index (χ1n) is 6.91. The number of benzene rings is 1. The summed E-state index contributed by atoms with van der Waals surface area (Å²) in [6.07, 6.45) is 1.44. The third-order valence-corrected chi connectivity index (χ3v) is 3.64. The minimum Gasteiger partial charge on any atom is -0.375 e. The van der Waals surface area contributed by atoms with Gasteiger partial charge in [0, 0.05) is 20.4 Å². The summed E-state index contributed by atoms with van der Waals surface area (Å²) in [5, 5.41) is 0. The fraction of sp³-hybridized carbons (Fsp3) is 0.294. The number of carbonyl (C=O) groups is 1. The zero-order chi connectivity index (χ0) is 15.2. The first-order chi connectivity index (χ1) is 10.1. The molecule has 2 rings (SSSR count). The van der Waals surface area contributed by atoms with Crippen LogP contribution in [0.1, 0.15) is 29.1 Å². The quantitative estimate of drug-likeness (QED) is 0.847. The summed E-state index contributed by atoms with van der Waals surface area (Å²) in [6, 6.07) is 15.1. The van der Waals surface area contributed by atoms with Crippen LogP contribution in [-0.2, 0) is 4.74 Å². The molecule has 0 aliphatic rings. The molecule has 1 heterocycles. The summed E-state index contributed by atoms with van der Waals surface area (Å²) < 4.78 is 5.59. The molecule has 0 saturated heterocycles. The van der Waals surface area contributed by atoms with Crippen molar-refractivity contribution in [3.63, 3.8) is 0 Å². The highest BCUT2D eigenvalue weighted by molar-refractivity contribution is 5.92. The second kappa shape index (κ2) is 6.99. The van der Waals surface area contributed by atoms with E-state index >= 15 is 0 Å². The van der Waals surface area contributed by atoms with Gasteiger partial charge in [0.25, 0.3) is 5.91 Å². The number of likely N-dealkylation sites (N-methyl/N-ethyl adjacent to an activating group) is 1. The Morgan fingerprint density at radius 2 is 1.81 bits per heavy atom. The van der Waals surface area contributed by atoms with Crippen LogP contribution in [0.25, 0.3) is 0 Å². The van der Waals surface area contributed by atoms with Crippen LogP contribution in [-0.4, -0.2) is 36.0 Å². The predicted molar refractivity (Wildman–Crippen MR) is 82.0 cm³/mol. The van der Waals surface area contributed by atoms with Crippen LogP contribution in [0.5, 0.6) is 0 Å². The number of methoxy groups -OCH3 is 1. The number of amides is 1. The summed E-state index contributed by atoms with van der Waals surface area (Å²) >= 11 is 0. The average molecular weight is 284 g/mol. The standard InChI is InChI=1S/C17H20N2O2/c1-13(16(21-3)14-9-5-4-6-10-14)19(2)17(20)15-11-7-8-12-18-15/h4-13,16H,1-3H3. The minimum atomic E-state index is -0.177. The Hall–Kier alpha value is -2.20. The summed E-state index contributed by atoms with van der Waals surface area (Å²) in [4.78, 5) is 18.2. The molecular weight excluding hydrogens is 264 g/mol. The zero-order valence-corrected chi connectivity index (χ0v) is 12.6. The molecule has 0 radical (unpaired) electrons. The van der Waals surface area contributed by atoms with Gasteiger partial charge in [0.05, 0.1) is 6.04 Å². The number of nitrogens with zero attached hydrogens (tertiary/aromatic N) is 2. The number of ether oxygens (including phenoxy) is 1. The van der Waals surface area contributed by atoms with Gasteiger partial charge in [0.1, 0.15) is 11.8 Å². The lowest BCUT2D eigenvalue weighted by atomic mass is 10.0. The lowest BCUT2D eigenvalue weighted by Crippen LogP contribution is -2.40. The fourth-order valence-electron chi connectivity index (χ4n) is 2.31. The molecule has 1 amide bonds. The van der Waals surface area contributed by atoms with Gasteiger partial charge in [-0.15, -0.1) is 0 Å². The lowest BCUT2D eigenvalue weighted by Gasteiger charge is -2.31. The first-order valence-corrected chi connectivity index (χ1v) is 6.91. The van der Waals surface area contributed by atoms with Crippen molar-refractivity contribution in [1.29, 1.82) is 0 Å². The van der Waals surface area contributed by atoms with Crippen molar-refractivity contribution in [2.75, 3.05) is 14.2 Å². The highest BCUT2D eigenvalue weighted by atomic mass is 16.5. The van der Waals surface area contributed by atoms with E-state index in [1.165, 1.54) is 0 Å².